The monoisotopic (exact) mass is 497 g/mol. The lowest BCUT2D eigenvalue weighted by molar-refractivity contribution is 0.196. The molecule has 0 aromatic heterocycles. The Morgan fingerprint density at radius 2 is 0.879 bits per heavy atom. The van der Waals surface area contributed by atoms with Crippen LogP contribution in [0.5, 0.6) is 0 Å². The first-order valence-electron chi connectivity index (χ1n) is 11.4. The van der Waals surface area contributed by atoms with Crippen molar-refractivity contribution >= 4 is 15.2 Å². The van der Waals surface area contributed by atoms with E-state index in [4.69, 9.17) is 18.1 Å². The van der Waals surface area contributed by atoms with Gasteiger partial charge in [-0.25, -0.2) is 0 Å². The summed E-state index contributed by atoms with van der Waals surface area (Å²) < 4.78 is 50.8. The zero-order valence-corrected chi connectivity index (χ0v) is 22.2. The van der Waals surface area contributed by atoms with Crippen LogP contribution >= 0.6 is 15.2 Å². The first-order valence-corrected chi connectivity index (χ1v) is 14.6. The van der Waals surface area contributed by atoms with Gasteiger partial charge in [-0.15, -0.1) is 0 Å². The normalized spacial score (nSPS) is 14.2. The van der Waals surface area contributed by atoms with Crippen LogP contribution in [0.25, 0.3) is 0 Å². The number of hydrogen-bond acceptors (Lipinski definition) is 7. The highest BCUT2D eigenvalue weighted by molar-refractivity contribution is 7.55. The number of benzene rings is 2. The van der Waals surface area contributed by atoms with Crippen LogP contribution in [0.2, 0.25) is 0 Å². The van der Waals surface area contributed by atoms with Crippen LogP contribution in [0.4, 0.5) is 0 Å². The summed E-state index contributed by atoms with van der Waals surface area (Å²) in [7, 11) is -7.40. The third-order valence-electron chi connectivity index (χ3n) is 4.97. The van der Waals surface area contributed by atoms with E-state index < -0.39 is 26.8 Å². The molecule has 0 saturated carbocycles. The molecule has 0 heterocycles. The molecule has 0 amide bonds. The fourth-order valence-electron chi connectivity index (χ4n) is 3.48. The molecule has 0 saturated heterocycles. The van der Waals surface area contributed by atoms with Gasteiger partial charge in [-0.2, -0.15) is 0 Å². The fourth-order valence-corrected chi connectivity index (χ4v) is 7.52. The van der Waals surface area contributed by atoms with Crippen molar-refractivity contribution in [3.05, 3.63) is 70.8 Å². The first-order chi connectivity index (χ1) is 15.7. The summed E-state index contributed by atoms with van der Waals surface area (Å²) in [5.41, 5.74) is 3.51. The summed E-state index contributed by atoms with van der Waals surface area (Å²) >= 11 is 0. The summed E-state index contributed by atoms with van der Waals surface area (Å²) in [6.07, 6.45) is 0. The molecule has 1 N–H and O–H groups in total. The molecular formula is C24H37NO6P2. The average Bonchev–Trinajstić information content (AvgIpc) is 2.77. The lowest BCUT2D eigenvalue weighted by Gasteiger charge is -2.34. The first kappa shape index (κ1) is 27.9. The van der Waals surface area contributed by atoms with E-state index in [1.165, 1.54) is 0 Å². The van der Waals surface area contributed by atoms with Gasteiger partial charge in [0.15, 0.2) is 0 Å². The summed E-state index contributed by atoms with van der Waals surface area (Å²) in [4.78, 5) is 0. The Kier molecular flexibility index (Phi) is 11.0. The second-order valence-electron chi connectivity index (χ2n) is 7.54. The molecule has 2 aromatic rings. The largest absolute Gasteiger partial charge is 0.351 e. The predicted molar refractivity (Wildman–Crippen MR) is 133 cm³/mol. The van der Waals surface area contributed by atoms with Crippen molar-refractivity contribution < 1.29 is 27.2 Å². The number of nitrogens with one attached hydrogen (secondary N) is 1. The van der Waals surface area contributed by atoms with Gasteiger partial charge < -0.3 is 18.1 Å². The summed E-state index contributed by atoms with van der Waals surface area (Å²) in [5, 5.41) is 3.32. The zero-order chi connectivity index (χ0) is 24.5. The Balaban J connectivity index is 2.66. The molecule has 7 nitrogen and oxygen atoms in total. The maximum absolute atomic E-state index is 14.0. The van der Waals surface area contributed by atoms with Gasteiger partial charge in [0, 0.05) is 0 Å². The van der Waals surface area contributed by atoms with Crippen molar-refractivity contribution in [2.45, 2.75) is 53.1 Å². The minimum Gasteiger partial charge on any atom is -0.308 e. The van der Waals surface area contributed by atoms with Gasteiger partial charge in [0.25, 0.3) is 0 Å². The van der Waals surface area contributed by atoms with E-state index in [1.807, 2.05) is 62.4 Å². The highest BCUT2D eigenvalue weighted by Gasteiger charge is 2.44. The SMILES string of the molecule is CCOP(=O)(OCC)C(NC(c1ccc(C)cc1)P(=O)(OCC)OCC)c1ccc(C)cc1. The highest BCUT2D eigenvalue weighted by Crippen LogP contribution is 2.65. The third kappa shape index (κ3) is 7.34. The van der Waals surface area contributed by atoms with Gasteiger partial charge >= 0.3 is 15.2 Å². The molecule has 2 unspecified atom stereocenters. The van der Waals surface area contributed by atoms with E-state index >= 15 is 0 Å². The maximum Gasteiger partial charge on any atom is 0.351 e. The summed E-state index contributed by atoms with van der Waals surface area (Å²) in [6, 6.07) is 15.2. The molecule has 0 fully saturated rings. The fraction of sp³-hybridized carbons (Fsp3) is 0.500. The number of rotatable bonds is 14. The summed E-state index contributed by atoms with van der Waals surface area (Å²) in [6.45, 7) is 11.8. The van der Waals surface area contributed by atoms with Gasteiger partial charge in [-0.1, -0.05) is 59.7 Å². The number of hydrogen-bond donors (Lipinski definition) is 1. The molecule has 2 atom stereocenters. The van der Waals surface area contributed by atoms with Crippen LogP contribution in [0.1, 0.15) is 61.5 Å². The molecule has 0 aliphatic rings. The molecule has 0 aliphatic carbocycles. The molecule has 0 bridgehead atoms. The average molecular weight is 498 g/mol. The van der Waals surface area contributed by atoms with Crippen molar-refractivity contribution in [1.82, 2.24) is 5.32 Å². The van der Waals surface area contributed by atoms with Gasteiger partial charge in [0.05, 0.1) is 26.4 Å². The molecular weight excluding hydrogens is 460 g/mol. The summed E-state index contributed by atoms with van der Waals surface area (Å²) in [5.74, 6) is -1.78. The molecule has 2 aromatic carbocycles. The Hall–Kier alpha value is -1.30. The molecule has 0 radical (unpaired) electrons. The van der Waals surface area contributed by atoms with E-state index in [0.29, 0.717) is 11.1 Å². The lowest BCUT2D eigenvalue weighted by Crippen LogP contribution is -2.29. The smallest absolute Gasteiger partial charge is 0.308 e. The molecule has 33 heavy (non-hydrogen) atoms. The standard InChI is InChI=1S/C24H37NO6P2/c1-7-28-32(26,29-8-2)23(21-15-11-19(5)12-16-21)25-24(22-17-13-20(6)14-18-22)33(27,30-9-3)31-10-4/h11-18,23-25H,7-10H2,1-6H3. The minimum atomic E-state index is -3.70. The topological polar surface area (TPSA) is 83.1 Å². The van der Waals surface area contributed by atoms with Gasteiger partial charge in [0.1, 0.15) is 11.6 Å². The molecule has 0 spiro atoms. The Morgan fingerprint density at radius 3 is 1.12 bits per heavy atom. The molecule has 2 rings (SSSR count). The molecule has 0 aliphatic heterocycles. The van der Waals surface area contributed by atoms with E-state index in [2.05, 4.69) is 5.32 Å². The third-order valence-corrected chi connectivity index (χ3v) is 9.60. The number of aryl methyl sites for hydroxylation is 2. The maximum atomic E-state index is 14.0. The van der Waals surface area contributed by atoms with Crippen LogP contribution in [-0.4, -0.2) is 26.4 Å². The van der Waals surface area contributed by atoms with Crippen molar-refractivity contribution in [2.75, 3.05) is 26.4 Å². The zero-order valence-electron chi connectivity index (χ0n) is 20.4. The quantitative estimate of drug-likeness (QED) is 0.278. The minimum absolute atomic E-state index is 0.200. The second-order valence-corrected chi connectivity index (χ2v) is 11.8. The Morgan fingerprint density at radius 1 is 0.606 bits per heavy atom. The van der Waals surface area contributed by atoms with Crippen molar-refractivity contribution in [3.8, 4) is 0 Å². The lowest BCUT2D eigenvalue weighted by atomic mass is 10.1. The van der Waals surface area contributed by atoms with Gasteiger partial charge in [0.2, 0.25) is 0 Å². The van der Waals surface area contributed by atoms with Crippen LogP contribution in [0.3, 0.4) is 0 Å². The van der Waals surface area contributed by atoms with Crippen LogP contribution in [0, 0.1) is 13.8 Å². The van der Waals surface area contributed by atoms with E-state index in [-0.39, 0.29) is 26.4 Å². The molecule has 184 valence electrons. The van der Waals surface area contributed by atoms with Gasteiger partial charge in [-0.05, 0) is 52.7 Å². The predicted octanol–water partition coefficient (Wildman–Crippen LogP) is 7.12. The van der Waals surface area contributed by atoms with Crippen molar-refractivity contribution in [2.24, 2.45) is 0 Å². The van der Waals surface area contributed by atoms with E-state index in [0.717, 1.165) is 11.1 Å². The van der Waals surface area contributed by atoms with E-state index in [1.54, 1.807) is 27.7 Å². The van der Waals surface area contributed by atoms with Crippen molar-refractivity contribution in [3.63, 3.8) is 0 Å². The van der Waals surface area contributed by atoms with Crippen LogP contribution < -0.4 is 5.32 Å². The van der Waals surface area contributed by atoms with Crippen molar-refractivity contribution in [1.29, 1.82) is 0 Å². The Bertz CT molecular complexity index is 851. The van der Waals surface area contributed by atoms with E-state index in [9.17, 15) is 9.13 Å². The molecule has 9 heteroatoms. The van der Waals surface area contributed by atoms with Gasteiger partial charge in [-0.3, -0.25) is 14.4 Å². The van der Waals surface area contributed by atoms with Crippen LogP contribution in [0.15, 0.2) is 48.5 Å². The second kappa shape index (κ2) is 13.0. The van der Waals surface area contributed by atoms with Crippen LogP contribution in [-0.2, 0) is 27.2 Å². The Labute approximate surface area is 198 Å². The highest BCUT2D eigenvalue weighted by atomic mass is 31.2.